The molecule has 2 heterocycles. The van der Waals surface area contributed by atoms with Gasteiger partial charge >= 0.3 is 0 Å². The van der Waals surface area contributed by atoms with E-state index in [-0.39, 0.29) is 16.6 Å². The van der Waals surface area contributed by atoms with Crippen molar-refractivity contribution in [1.29, 1.82) is 0 Å². The Balaban J connectivity index is 1.79. The maximum Gasteiger partial charge on any atom is 0.268 e. The third-order valence-corrected chi connectivity index (χ3v) is 6.21. The van der Waals surface area contributed by atoms with Gasteiger partial charge in [0.05, 0.1) is 4.90 Å². The summed E-state index contributed by atoms with van der Waals surface area (Å²) in [6, 6.07) is 5.78. The van der Waals surface area contributed by atoms with Crippen molar-refractivity contribution >= 4 is 21.8 Å². The fourth-order valence-electron chi connectivity index (χ4n) is 3.02. The third kappa shape index (κ3) is 4.48. The van der Waals surface area contributed by atoms with Gasteiger partial charge in [0.25, 0.3) is 15.9 Å². The standard InChI is InChI=1S/C18H25N3O5S/c1-3-12(2)16(18(22)20-26-15-10-6-7-11-25-15)19-17-13-8-4-5-9-14(13)27(23,24)21-17/h4-5,8-9,12,15-16H,3,6-7,10-11H2,1-2H3,(H,19,21)(H,20,22)/t12-,15-,16-/m0/s1. The van der Waals surface area contributed by atoms with E-state index in [0.717, 1.165) is 19.3 Å². The third-order valence-electron chi connectivity index (χ3n) is 4.81. The second-order valence-corrected chi connectivity index (χ2v) is 8.44. The zero-order chi connectivity index (χ0) is 19.4. The first-order valence-corrected chi connectivity index (χ1v) is 10.7. The van der Waals surface area contributed by atoms with Crippen LogP contribution < -0.4 is 10.2 Å². The smallest absolute Gasteiger partial charge is 0.268 e. The molecule has 0 bridgehead atoms. The van der Waals surface area contributed by atoms with Gasteiger partial charge in [0, 0.05) is 18.6 Å². The zero-order valence-electron chi connectivity index (χ0n) is 15.5. The van der Waals surface area contributed by atoms with Crippen LogP contribution in [0, 0.1) is 5.92 Å². The molecule has 1 saturated heterocycles. The number of amides is 1. The van der Waals surface area contributed by atoms with Crippen molar-refractivity contribution in [3.05, 3.63) is 29.8 Å². The van der Waals surface area contributed by atoms with E-state index >= 15 is 0 Å². The average Bonchev–Trinajstić information content (AvgIpc) is 2.95. The number of aliphatic imine (C=N–C) groups is 1. The maximum atomic E-state index is 12.7. The molecule has 2 N–H and O–H groups in total. The van der Waals surface area contributed by atoms with Crippen LogP contribution in [0.15, 0.2) is 34.2 Å². The number of rotatable bonds is 6. The molecule has 0 aliphatic carbocycles. The van der Waals surface area contributed by atoms with Crippen molar-refractivity contribution in [3.8, 4) is 0 Å². The summed E-state index contributed by atoms with van der Waals surface area (Å²) >= 11 is 0. The van der Waals surface area contributed by atoms with E-state index < -0.39 is 28.3 Å². The van der Waals surface area contributed by atoms with Crippen molar-refractivity contribution in [2.75, 3.05) is 6.61 Å². The lowest BCUT2D eigenvalue weighted by atomic mass is 9.99. The van der Waals surface area contributed by atoms with Crippen LogP contribution in [0.1, 0.15) is 45.1 Å². The molecule has 27 heavy (non-hydrogen) atoms. The monoisotopic (exact) mass is 395 g/mol. The molecule has 0 saturated carbocycles. The number of hydrogen-bond donors (Lipinski definition) is 2. The molecule has 148 valence electrons. The summed E-state index contributed by atoms with van der Waals surface area (Å²) in [6.07, 6.45) is 2.92. The molecule has 1 aromatic rings. The van der Waals surface area contributed by atoms with Crippen LogP contribution in [0.25, 0.3) is 0 Å². The predicted octanol–water partition coefficient (Wildman–Crippen LogP) is 1.71. The van der Waals surface area contributed by atoms with E-state index in [4.69, 9.17) is 9.57 Å². The SMILES string of the molecule is CC[C@H](C)[C@H](N=C1NS(=O)(=O)c2ccccc21)C(=O)NO[C@H]1CCCCO1. The normalized spacial score (nSPS) is 24.7. The van der Waals surface area contributed by atoms with Gasteiger partial charge < -0.3 is 4.74 Å². The van der Waals surface area contributed by atoms with E-state index in [1.807, 2.05) is 13.8 Å². The molecule has 9 heteroatoms. The Morgan fingerprint density at radius 1 is 1.41 bits per heavy atom. The molecular weight excluding hydrogens is 370 g/mol. The van der Waals surface area contributed by atoms with Crippen LogP contribution in [0.5, 0.6) is 0 Å². The van der Waals surface area contributed by atoms with Crippen molar-refractivity contribution < 1.29 is 22.8 Å². The van der Waals surface area contributed by atoms with Gasteiger partial charge in [-0.1, -0.05) is 32.4 Å². The lowest BCUT2D eigenvalue weighted by Crippen LogP contribution is -2.41. The summed E-state index contributed by atoms with van der Waals surface area (Å²) in [4.78, 5) is 22.6. The van der Waals surface area contributed by atoms with E-state index in [1.165, 1.54) is 6.07 Å². The van der Waals surface area contributed by atoms with E-state index in [2.05, 4.69) is 15.2 Å². The summed E-state index contributed by atoms with van der Waals surface area (Å²) in [7, 11) is -3.65. The number of amidine groups is 1. The summed E-state index contributed by atoms with van der Waals surface area (Å²) < 4.78 is 32.4. The van der Waals surface area contributed by atoms with Gasteiger partial charge in [-0.05, 0) is 30.9 Å². The Hall–Kier alpha value is -1.97. The molecule has 0 unspecified atom stereocenters. The second kappa shape index (κ2) is 8.37. The van der Waals surface area contributed by atoms with Crippen LogP contribution in [0.3, 0.4) is 0 Å². The van der Waals surface area contributed by atoms with E-state index in [9.17, 15) is 13.2 Å². The zero-order valence-corrected chi connectivity index (χ0v) is 16.3. The topological polar surface area (TPSA) is 106 Å². The van der Waals surface area contributed by atoms with E-state index in [1.54, 1.807) is 18.2 Å². The average molecular weight is 395 g/mol. The van der Waals surface area contributed by atoms with E-state index in [0.29, 0.717) is 18.6 Å². The summed E-state index contributed by atoms with van der Waals surface area (Å²) in [5.41, 5.74) is 2.91. The fraction of sp³-hybridized carbons (Fsp3) is 0.556. The number of carbonyl (C=O) groups excluding carboxylic acids is 1. The van der Waals surface area contributed by atoms with Crippen molar-refractivity contribution in [3.63, 3.8) is 0 Å². The highest BCUT2D eigenvalue weighted by Gasteiger charge is 2.33. The molecule has 0 aromatic heterocycles. The van der Waals surface area contributed by atoms with Gasteiger partial charge in [0.1, 0.15) is 11.9 Å². The second-order valence-electron chi connectivity index (χ2n) is 6.79. The number of benzene rings is 1. The van der Waals surface area contributed by atoms with Crippen molar-refractivity contribution in [1.82, 2.24) is 10.2 Å². The number of carbonyl (C=O) groups is 1. The van der Waals surface area contributed by atoms with Gasteiger partial charge in [-0.25, -0.2) is 18.7 Å². The predicted molar refractivity (Wildman–Crippen MR) is 99.4 cm³/mol. The summed E-state index contributed by atoms with van der Waals surface area (Å²) in [5.74, 6) is -0.347. The molecule has 0 radical (unpaired) electrons. The first kappa shape index (κ1) is 19.8. The highest BCUT2D eigenvalue weighted by Crippen LogP contribution is 2.24. The molecular formula is C18H25N3O5S. The molecule has 3 rings (SSSR count). The number of hydrogen-bond acceptors (Lipinski definition) is 6. The van der Waals surface area contributed by atoms with Gasteiger partial charge in [-0.15, -0.1) is 0 Å². The summed E-state index contributed by atoms with van der Waals surface area (Å²) in [5, 5.41) is 0. The van der Waals surface area contributed by atoms with Gasteiger partial charge in [-0.3, -0.25) is 14.5 Å². The number of sulfonamides is 1. The Bertz CT molecular complexity index is 818. The minimum Gasteiger partial charge on any atom is -0.350 e. The molecule has 2 aliphatic heterocycles. The number of fused-ring (bicyclic) bond motifs is 1. The Morgan fingerprint density at radius 2 is 2.19 bits per heavy atom. The van der Waals surface area contributed by atoms with Gasteiger partial charge in [0.15, 0.2) is 6.29 Å². The number of nitrogens with one attached hydrogen (secondary N) is 2. The van der Waals surface area contributed by atoms with Gasteiger partial charge in [-0.2, -0.15) is 0 Å². The van der Waals surface area contributed by atoms with Crippen molar-refractivity contribution in [2.24, 2.45) is 10.9 Å². The quantitative estimate of drug-likeness (QED) is 0.714. The highest BCUT2D eigenvalue weighted by atomic mass is 32.2. The summed E-state index contributed by atoms with van der Waals surface area (Å²) in [6.45, 7) is 4.44. The Morgan fingerprint density at radius 3 is 2.89 bits per heavy atom. The molecule has 0 spiro atoms. The minimum atomic E-state index is -3.65. The van der Waals surface area contributed by atoms with Crippen LogP contribution in [-0.4, -0.2) is 39.1 Å². The molecule has 1 aromatic carbocycles. The molecule has 3 atom stereocenters. The maximum absolute atomic E-state index is 12.7. The lowest BCUT2D eigenvalue weighted by molar-refractivity contribution is -0.201. The number of hydroxylamine groups is 1. The molecule has 2 aliphatic rings. The van der Waals surface area contributed by atoms with Crippen molar-refractivity contribution in [2.45, 2.75) is 56.8 Å². The highest BCUT2D eigenvalue weighted by molar-refractivity contribution is 7.90. The molecule has 8 nitrogen and oxygen atoms in total. The van der Waals surface area contributed by atoms with Gasteiger partial charge in [0.2, 0.25) is 0 Å². The Kier molecular flexibility index (Phi) is 6.13. The Labute approximate surface area is 159 Å². The number of nitrogens with zero attached hydrogens (tertiary/aromatic N) is 1. The first-order valence-electron chi connectivity index (χ1n) is 9.19. The minimum absolute atomic E-state index is 0.106. The molecule has 1 fully saturated rings. The first-order chi connectivity index (χ1) is 12.9. The van der Waals surface area contributed by atoms with Crippen LogP contribution in [0.4, 0.5) is 0 Å². The number of ether oxygens (including phenoxy) is 1. The largest absolute Gasteiger partial charge is 0.350 e. The van der Waals surface area contributed by atoms with Crippen LogP contribution in [-0.2, 0) is 24.4 Å². The van der Waals surface area contributed by atoms with Crippen LogP contribution in [0.2, 0.25) is 0 Å². The fourth-order valence-corrected chi connectivity index (χ4v) is 4.26. The lowest BCUT2D eigenvalue weighted by Gasteiger charge is -2.24. The van der Waals surface area contributed by atoms with Crippen LogP contribution >= 0.6 is 0 Å². The molecule has 1 amide bonds.